The van der Waals surface area contributed by atoms with E-state index in [-0.39, 0.29) is 10.6 Å². The fraction of sp³-hybridized carbons (Fsp3) is 0. The van der Waals surface area contributed by atoms with Crippen molar-refractivity contribution in [2.24, 2.45) is 0 Å². The molecule has 4 nitrogen and oxygen atoms in total. The lowest BCUT2D eigenvalue weighted by molar-refractivity contribution is 0.0699. The van der Waals surface area contributed by atoms with Gasteiger partial charge in [0.25, 0.3) is 5.91 Å². The number of nitrogens with one attached hydrogen (secondary N) is 1. The molecule has 0 aliphatic rings. The summed E-state index contributed by atoms with van der Waals surface area (Å²) >= 11 is 10.5. The van der Waals surface area contributed by atoms with E-state index in [2.05, 4.69) is 21.2 Å². The third-order valence-corrected chi connectivity index (χ3v) is 5.26. The van der Waals surface area contributed by atoms with Gasteiger partial charge in [-0.2, -0.15) is 0 Å². The lowest BCUT2D eigenvalue weighted by Gasteiger charge is -2.07. The van der Waals surface area contributed by atoms with Gasteiger partial charge in [0.15, 0.2) is 0 Å². The van der Waals surface area contributed by atoms with Crippen LogP contribution in [0.4, 0.5) is 5.00 Å². The van der Waals surface area contributed by atoms with Crippen molar-refractivity contribution in [3.8, 4) is 11.1 Å². The number of carbonyl (C=O) groups excluding carboxylic acids is 1. The van der Waals surface area contributed by atoms with Crippen molar-refractivity contribution in [2.75, 3.05) is 5.32 Å². The molecular formula is C18H11BrClNO3S. The van der Waals surface area contributed by atoms with Gasteiger partial charge in [-0.15, -0.1) is 11.3 Å². The Balaban J connectivity index is 1.98. The van der Waals surface area contributed by atoms with Gasteiger partial charge in [-0.25, -0.2) is 4.79 Å². The van der Waals surface area contributed by atoms with Gasteiger partial charge in [-0.05, 0) is 29.8 Å². The van der Waals surface area contributed by atoms with Crippen molar-refractivity contribution in [3.63, 3.8) is 0 Å². The second-order valence-electron chi connectivity index (χ2n) is 5.10. The fourth-order valence-corrected chi connectivity index (χ4v) is 3.76. The van der Waals surface area contributed by atoms with E-state index in [1.165, 1.54) is 0 Å². The summed E-state index contributed by atoms with van der Waals surface area (Å²) in [7, 11) is 0. The minimum atomic E-state index is -1.10. The van der Waals surface area contributed by atoms with Crippen LogP contribution in [-0.4, -0.2) is 17.0 Å². The lowest BCUT2D eigenvalue weighted by atomic mass is 10.0. The number of thiophene rings is 1. The zero-order chi connectivity index (χ0) is 18.0. The monoisotopic (exact) mass is 435 g/mol. The molecule has 1 aromatic heterocycles. The molecule has 0 aliphatic heterocycles. The van der Waals surface area contributed by atoms with Crippen LogP contribution < -0.4 is 5.32 Å². The van der Waals surface area contributed by atoms with Gasteiger partial charge >= 0.3 is 5.97 Å². The minimum Gasteiger partial charge on any atom is -0.478 e. The van der Waals surface area contributed by atoms with Crippen molar-refractivity contribution >= 4 is 55.7 Å². The fourth-order valence-electron chi connectivity index (χ4n) is 2.32. The van der Waals surface area contributed by atoms with Crippen molar-refractivity contribution in [1.82, 2.24) is 0 Å². The molecule has 0 saturated carbocycles. The van der Waals surface area contributed by atoms with E-state index in [0.717, 1.165) is 21.4 Å². The average Bonchev–Trinajstić information content (AvgIpc) is 2.99. The first kappa shape index (κ1) is 17.7. The summed E-state index contributed by atoms with van der Waals surface area (Å²) in [6.07, 6.45) is 0. The molecule has 2 N–H and O–H groups in total. The van der Waals surface area contributed by atoms with Gasteiger partial charge in [0.1, 0.15) is 10.6 Å². The predicted octanol–water partition coefficient (Wildman–Crippen LogP) is 5.78. The molecule has 0 fully saturated rings. The first-order valence-electron chi connectivity index (χ1n) is 7.14. The average molecular weight is 437 g/mol. The van der Waals surface area contributed by atoms with E-state index in [9.17, 15) is 14.7 Å². The third kappa shape index (κ3) is 3.76. The van der Waals surface area contributed by atoms with Gasteiger partial charge in [0, 0.05) is 15.4 Å². The number of amides is 1. The molecule has 0 atom stereocenters. The largest absolute Gasteiger partial charge is 0.478 e. The standard InChI is InChI=1S/C18H11BrClNO3S/c19-11-7-5-10(6-8-11)13-9-25-17(15(13)18(23)24)21-16(22)12-3-1-2-4-14(12)20/h1-9H,(H,21,22)(H,23,24). The molecule has 0 saturated heterocycles. The zero-order valence-corrected chi connectivity index (χ0v) is 15.8. The molecule has 25 heavy (non-hydrogen) atoms. The highest BCUT2D eigenvalue weighted by molar-refractivity contribution is 9.10. The number of aromatic carboxylic acids is 1. The molecule has 0 bridgehead atoms. The molecule has 0 unspecified atom stereocenters. The third-order valence-electron chi connectivity index (χ3n) is 3.51. The number of carboxylic acids is 1. The molecule has 3 aromatic rings. The molecular weight excluding hydrogens is 426 g/mol. The summed E-state index contributed by atoms with van der Waals surface area (Å²) in [6, 6.07) is 13.9. The molecule has 7 heteroatoms. The number of rotatable bonds is 4. The summed E-state index contributed by atoms with van der Waals surface area (Å²) in [6.45, 7) is 0. The van der Waals surface area contributed by atoms with Crippen LogP contribution in [0.1, 0.15) is 20.7 Å². The van der Waals surface area contributed by atoms with Gasteiger partial charge in [-0.3, -0.25) is 4.79 Å². The van der Waals surface area contributed by atoms with Gasteiger partial charge in [-0.1, -0.05) is 51.8 Å². The van der Waals surface area contributed by atoms with E-state index in [1.807, 2.05) is 24.3 Å². The van der Waals surface area contributed by atoms with E-state index in [1.54, 1.807) is 29.6 Å². The van der Waals surface area contributed by atoms with Gasteiger partial charge in [0.05, 0.1) is 10.6 Å². The van der Waals surface area contributed by atoms with E-state index in [0.29, 0.717) is 16.1 Å². The van der Waals surface area contributed by atoms with Crippen molar-refractivity contribution in [3.05, 3.63) is 74.5 Å². The summed E-state index contributed by atoms with van der Waals surface area (Å²) in [5.74, 6) is -1.55. The Morgan fingerprint density at radius 1 is 1.08 bits per heavy atom. The van der Waals surface area contributed by atoms with Crippen LogP contribution in [0.25, 0.3) is 11.1 Å². The van der Waals surface area contributed by atoms with Crippen molar-refractivity contribution in [1.29, 1.82) is 0 Å². The van der Waals surface area contributed by atoms with Crippen molar-refractivity contribution < 1.29 is 14.7 Å². The smallest absolute Gasteiger partial charge is 0.339 e. The topological polar surface area (TPSA) is 66.4 Å². The maximum absolute atomic E-state index is 12.4. The SMILES string of the molecule is O=C(Nc1scc(-c2ccc(Br)cc2)c1C(=O)O)c1ccccc1Cl. The Kier molecular flexibility index (Phi) is 5.22. The van der Waals surface area contributed by atoms with Crippen LogP contribution >= 0.6 is 38.9 Å². The Morgan fingerprint density at radius 2 is 1.76 bits per heavy atom. The van der Waals surface area contributed by atoms with Crippen LogP contribution in [0.5, 0.6) is 0 Å². The van der Waals surface area contributed by atoms with Crippen LogP contribution in [0, 0.1) is 0 Å². The normalized spacial score (nSPS) is 10.5. The first-order valence-corrected chi connectivity index (χ1v) is 9.19. The van der Waals surface area contributed by atoms with Crippen LogP contribution in [0.3, 0.4) is 0 Å². The van der Waals surface area contributed by atoms with E-state index < -0.39 is 11.9 Å². The number of hydrogen-bond donors (Lipinski definition) is 2. The summed E-state index contributed by atoms with van der Waals surface area (Å²) in [4.78, 5) is 24.2. The predicted molar refractivity (Wildman–Crippen MR) is 104 cm³/mol. The molecule has 0 spiro atoms. The second kappa shape index (κ2) is 7.39. The minimum absolute atomic E-state index is 0.0627. The molecule has 3 rings (SSSR count). The highest BCUT2D eigenvalue weighted by Crippen LogP contribution is 2.36. The lowest BCUT2D eigenvalue weighted by Crippen LogP contribution is -2.14. The number of hydrogen-bond acceptors (Lipinski definition) is 3. The van der Waals surface area contributed by atoms with Gasteiger partial charge < -0.3 is 10.4 Å². The number of carbonyl (C=O) groups is 2. The summed E-state index contributed by atoms with van der Waals surface area (Å²) in [5.41, 5.74) is 1.67. The van der Waals surface area contributed by atoms with Crippen LogP contribution in [0.15, 0.2) is 58.4 Å². The molecule has 0 aliphatic carbocycles. The number of carboxylic acid groups (broad SMARTS) is 1. The van der Waals surface area contributed by atoms with Crippen molar-refractivity contribution in [2.45, 2.75) is 0 Å². The van der Waals surface area contributed by atoms with E-state index in [4.69, 9.17) is 11.6 Å². The molecule has 0 radical (unpaired) electrons. The maximum Gasteiger partial charge on any atom is 0.339 e. The van der Waals surface area contributed by atoms with Gasteiger partial charge in [0.2, 0.25) is 0 Å². The molecule has 126 valence electrons. The Hall–Kier alpha value is -2.15. The molecule has 1 heterocycles. The molecule has 1 amide bonds. The first-order chi connectivity index (χ1) is 12.0. The van der Waals surface area contributed by atoms with Crippen LogP contribution in [0.2, 0.25) is 5.02 Å². The highest BCUT2D eigenvalue weighted by Gasteiger charge is 2.22. The highest BCUT2D eigenvalue weighted by atomic mass is 79.9. The summed E-state index contributed by atoms with van der Waals surface area (Å²) < 4.78 is 0.899. The number of benzene rings is 2. The summed E-state index contributed by atoms with van der Waals surface area (Å²) in [5, 5.41) is 14.6. The Morgan fingerprint density at radius 3 is 2.40 bits per heavy atom. The molecule has 2 aromatic carbocycles. The van der Waals surface area contributed by atoms with E-state index >= 15 is 0 Å². The quantitative estimate of drug-likeness (QED) is 0.544. The number of halogens is 2. The second-order valence-corrected chi connectivity index (χ2v) is 7.30. The maximum atomic E-state index is 12.4. The van der Waals surface area contributed by atoms with Crippen LogP contribution in [-0.2, 0) is 0 Å². The Labute approximate surface area is 161 Å². The zero-order valence-electron chi connectivity index (χ0n) is 12.6. The Bertz CT molecular complexity index is 953. The number of anilines is 1.